The Labute approximate surface area is 202 Å². The van der Waals surface area contributed by atoms with Gasteiger partial charge in [-0.25, -0.2) is 14.6 Å². The van der Waals surface area contributed by atoms with E-state index in [4.69, 9.17) is 22.3 Å². The van der Waals surface area contributed by atoms with Gasteiger partial charge < -0.3 is 16.0 Å². The summed E-state index contributed by atoms with van der Waals surface area (Å²) in [4.78, 5) is 24.1. The number of anilines is 2. The monoisotopic (exact) mass is 473 g/mol. The molecule has 2 aromatic heterocycles. The summed E-state index contributed by atoms with van der Waals surface area (Å²) < 4.78 is 1.46. The molecule has 34 heavy (non-hydrogen) atoms. The van der Waals surface area contributed by atoms with Crippen molar-refractivity contribution in [3.8, 4) is 17.1 Å². The Morgan fingerprint density at radius 1 is 1.21 bits per heavy atom. The Hall–Kier alpha value is -3.75. The average molecular weight is 474 g/mol. The lowest BCUT2D eigenvalue weighted by molar-refractivity contribution is 0.102. The zero-order valence-corrected chi connectivity index (χ0v) is 19.7. The summed E-state index contributed by atoms with van der Waals surface area (Å²) in [6.45, 7) is 4.10. The first-order chi connectivity index (χ1) is 16.4. The number of likely N-dealkylation sites (N-methyl/N-ethyl adjacent to an activating group) is 1. The molecule has 1 aliphatic rings. The van der Waals surface area contributed by atoms with Crippen molar-refractivity contribution in [2.75, 3.05) is 24.6 Å². The van der Waals surface area contributed by atoms with E-state index in [-0.39, 0.29) is 11.7 Å². The molecule has 0 saturated heterocycles. The Morgan fingerprint density at radius 2 is 2.03 bits per heavy atom. The van der Waals surface area contributed by atoms with Gasteiger partial charge in [-0.15, -0.1) is 0 Å². The number of amides is 1. The van der Waals surface area contributed by atoms with E-state index in [1.165, 1.54) is 27.6 Å². The smallest absolute Gasteiger partial charge is 0.258 e. The molecule has 0 radical (unpaired) electrons. The Morgan fingerprint density at radius 3 is 2.85 bits per heavy atom. The SMILES string of the molecule is Cc1cc(-c2cnc(N)c(-n3cc(C(=O)Nc4ccccc4Cl)cn3)n2)cc2c1CCN(C)C2. The van der Waals surface area contributed by atoms with Crippen LogP contribution in [0.15, 0.2) is 55.0 Å². The topological polar surface area (TPSA) is 102 Å². The summed E-state index contributed by atoms with van der Waals surface area (Å²) in [6.07, 6.45) is 5.74. The van der Waals surface area contributed by atoms with E-state index >= 15 is 0 Å². The number of benzene rings is 2. The minimum absolute atomic E-state index is 0.222. The minimum Gasteiger partial charge on any atom is -0.381 e. The normalized spacial score (nSPS) is 13.5. The van der Waals surface area contributed by atoms with Crippen LogP contribution >= 0.6 is 11.6 Å². The summed E-state index contributed by atoms with van der Waals surface area (Å²) in [5, 5.41) is 7.54. The van der Waals surface area contributed by atoms with Crippen LogP contribution in [0.2, 0.25) is 5.02 Å². The van der Waals surface area contributed by atoms with E-state index in [1.54, 1.807) is 36.7 Å². The minimum atomic E-state index is -0.337. The first-order valence-electron chi connectivity index (χ1n) is 10.9. The fourth-order valence-electron chi connectivity index (χ4n) is 4.22. The predicted molar refractivity (Wildman–Crippen MR) is 133 cm³/mol. The third kappa shape index (κ3) is 4.25. The highest BCUT2D eigenvalue weighted by molar-refractivity contribution is 6.33. The fraction of sp³-hybridized carbons (Fsp3) is 0.200. The number of nitrogens with one attached hydrogen (secondary N) is 1. The average Bonchev–Trinajstić information content (AvgIpc) is 3.31. The number of rotatable bonds is 4. The van der Waals surface area contributed by atoms with Crippen LogP contribution in [-0.4, -0.2) is 44.1 Å². The summed E-state index contributed by atoms with van der Waals surface area (Å²) in [5.41, 5.74) is 12.6. The van der Waals surface area contributed by atoms with E-state index in [0.29, 0.717) is 27.8 Å². The number of para-hydroxylation sites is 1. The molecular formula is C25H24ClN7O. The molecule has 0 aliphatic carbocycles. The number of aryl methyl sites for hydroxylation is 1. The Kier molecular flexibility index (Phi) is 5.77. The van der Waals surface area contributed by atoms with E-state index in [2.05, 4.69) is 46.4 Å². The van der Waals surface area contributed by atoms with Gasteiger partial charge in [0.2, 0.25) is 0 Å². The van der Waals surface area contributed by atoms with Gasteiger partial charge in [0.25, 0.3) is 5.91 Å². The second-order valence-corrected chi connectivity index (χ2v) is 8.90. The lowest BCUT2D eigenvalue weighted by Gasteiger charge is -2.27. The van der Waals surface area contributed by atoms with Gasteiger partial charge in [-0.2, -0.15) is 5.10 Å². The third-order valence-electron chi connectivity index (χ3n) is 6.01. The molecule has 1 amide bonds. The summed E-state index contributed by atoms with van der Waals surface area (Å²) >= 11 is 6.14. The molecule has 4 aromatic rings. The van der Waals surface area contributed by atoms with Crippen LogP contribution in [0.4, 0.5) is 11.5 Å². The molecule has 8 nitrogen and oxygen atoms in total. The van der Waals surface area contributed by atoms with Crippen LogP contribution < -0.4 is 11.1 Å². The van der Waals surface area contributed by atoms with E-state index in [9.17, 15) is 4.79 Å². The number of carbonyl (C=O) groups excluding carboxylic acids is 1. The number of nitrogens with zero attached hydrogens (tertiary/aromatic N) is 5. The van der Waals surface area contributed by atoms with Crippen molar-refractivity contribution in [2.24, 2.45) is 0 Å². The highest BCUT2D eigenvalue weighted by Crippen LogP contribution is 2.29. The van der Waals surface area contributed by atoms with Gasteiger partial charge in [0.15, 0.2) is 11.6 Å². The molecule has 5 rings (SSSR count). The molecule has 172 valence electrons. The number of nitrogen functional groups attached to an aromatic ring is 1. The van der Waals surface area contributed by atoms with Gasteiger partial charge in [0.05, 0.1) is 34.4 Å². The van der Waals surface area contributed by atoms with Gasteiger partial charge in [0, 0.05) is 24.8 Å². The van der Waals surface area contributed by atoms with Crippen molar-refractivity contribution in [2.45, 2.75) is 19.9 Å². The molecule has 1 aliphatic heterocycles. The molecule has 0 bridgehead atoms. The molecule has 9 heteroatoms. The fourth-order valence-corrected chi connectivity index (χ4v) is 4.40. The van der Waals surface area contributed by atoms with Crippen molar-refractivity contribution in [3.63, 3.8) is 0 Å². The number of nitrogens with two attached hydrogens (primary N) is 1. The van der Waals surface area contributed by atoms with E-state index < -0.39 is 0 Å². The van der Waals surface area contributed by atoms with Crippen LogP contribution in [0.1, 0.15) is 27.0 Å². The van der Waals surface area contributed by atoms with Crippen LogP contribution in [-0.2, 0) is 13.0 Å². The lowest BCUT2D eigenvalue weighted by atomic mass is 9.92. The van der Waals surface area contributed by atoms with Crippen LogP contribution in [0.3, 0.4) is 0 Å². The number of aromatic nitrogens is 4. The first kappa shape index (κ1) is 22.1. The molecule has 0 unspecified atom stereocenters. The highest BCUT2D eigenvalue weighted by Gasteiger charge is 2.18. The standard InChI is InChI=1S/C25H24ClN7O/c1-15-9-16(10-17-13-32(2)8-7-19(15)17)22-12-28-23(27)24(30-22)33-14-18(11-29-33)25(34)31-21-6-4-3-5-20(21)26/h3-6,9-12,14H,7-8,13H2,1-2H3,(H2,27,28)(H,31,34). The number of halogens is 1. The third-order valence-corrected chi connectivity index (χ3v) is 6.34. The summed E-state index contributed by atoms with van der Waals surface area (Å²) in [5.74, 6) is 0.248. The second-order valence-electron chi connectivity index (χ2n) is 8.49. The van der Waals surface area contributed by atoms with Gasteiger partial charge in [-0.05, 0) is 61.3 Å². The summed E-state index contributed by atoms with van der Waals surface area (Å²) in [7, 11) is 2.13. The summed E-state index contributed by atoms with van der Waals surface area (Å²) in [6, 6.07) is 11.4. The molecule has 3 heterocycles. The maximum atomic E-state index is 12.7. The number of fused-ring (bicyclic) bond motifs is 1. The van der Waals surface area contributed by atoms with Crippen molar-refractivity contribution >= 4 is 29.0 Å². The highest BCUT2D eigenvalue weighted by atomic mass is 35.5. The molecule has 0 atom stereocenters. The Bertz CT molecular complexity index is 1400. The van der Waals surface area contributed by atoms with Gasteiger partial charge in [0.1, 0.15) is 0 Å². The maximum Gasteiger partial charge on any atom is 0.258 e. The van der Waals surface area contributed by atoms with E-state index in [0.717, 1.165) is 25.1 Å². The van der Waals surface area contributed by atoms with Crippen molar-refractivity contribution in [1.82, 2.24) is 24.6 Å². The lowest BCUT2D eigenvalue weighted by Crippen LogP contribution is -2.27. The Balaban J connectivity index is 1.45. The molecule has 2 aromatic carbocycles. The number of hydrogen-bond donors (Lipinski definition) is 2. The zero-order valence-electron chi connectivity index (χ0n) is 18.9. The number of carbonyl (C=O) groups is 1. The van der Waals surface area contributed by atoms with Crippen molar-refractivity contribution in [3.05, 3.63) is 82.3 Å². The second kappa shape index (κ2) is 8.89. The first-order valence-corrected chi connectivity index (χ1v) is 11.3. The van der Waals surface area contributed by atoms with Gasteiger partial charge in [-0.3, -0.25) is 4.79 Å². The van der Waals surface area contributed by atoms with E-state index in [1.807, 2.05) is 0 Å². The molecule has 0 fully saturated rings. The number of hydrogen-bond acceptors (Lipinski definition) is 6. The van der Waals surface area contributed by atoms with Crippen LogP contribution in [0.5, 0.6) is 0 Å². The largest absolute Gasteiger partial charge is 0.381 e. The molecule has 0 spiro atoms. The zero-order chi connectivity index (χ0) is 23.8. The molecule has 0 saturated carbocycles. The molecule has 3 N–H and O–H groups in total. The van der Waals surface area contributed by atoms with Crippen LogP contribution in [0, 0.1) is 6.92 Å². The molecular weight excluding hydrogens is 450 g/mol. The van der Waals surface area contributed by atoms with Crippen molar-refractivity contribution in [1.29, 1.82) is 0 Å². The predicted octanol–water partition coefficient (Wildman–Crippen LogP) is 4.11. The quantitative estimate of drug-likeness (QED) is 0.462. The maximum absolute atomic E-state index is 12.7. The van der Waals surface area contributed by atoms with Gasteiger partial charge in [-0.1, -0.05) is 23.7 Å². The van der Waals surface area contributed by atoms with Gasteiger partial charge >= 0.3 is 0 Å². The van der Waals surface area contributed by atoms with Crippen molar-refractivity contribution < 1.29 is 4.79 Å². The van der Waals surface area contributed by atoms with Crippen LogP contribution in [0.25, 0.3) is 17.1 Å².